The Kier molecular flexibility index (Phi) is 2.84. The molecule has 4 rings (SSSR count). The molecule has 1 aromatic heterocycles. The molecule has 0 amide bonds. The molecule has 0 atom stereocenters. The first-order chi connectivity index (χ1) is 9.83. The van der Waals surface area contributed by atoms with E-state index in [1.54, 1.807) is 0 Å². The summed E-state index contributed by atoms with van der Waals surface area (Å²) >= 11 is 0. The SMILES string of the molecule is c1ccc(-c2noc(CNC3CC4(CCC4)C3)n2)cc1. The molecule has 4 heteroatoms. The summed E-state index contributed by atoms with van der Waals surface area (Å²) < 4.78 is 5.31. The first-order valence-corrected chi connectivity index (χ1v) is 7.44. The van der Waals surface area contributed by atoms with Crippen LogP contribution in [-0.4, -0.2) is 16.2 Å². The first-order valence-electron chi connectivity index (χ1n) is 7.44. The van der Waals surface area contributed by atoms with Gasteiger partial charge in [-0.05, 0) is 31.1 Å². The van der Waals surface area contributed by atoms with Crippen molar-refractivity contribution in [3.05, 3.63) is 36.2 Å². The fraction of sp³-hybridized carbons (Fsp3) is 0.500. The minimum absolute atomic E-state index is 0.641. The van der Waals surface area contributed by atoms with Crippen molar-refractivity contribution in [2.45, 2.75) is 44.7 Å². The Morgan fingerprint density at radius 3 is 2.70 bits per heavy atom. The Labute approximate surface area is 118 Å². The van der Waals surface area contributed by atoms with Gasteiger partial charge in [0.1, 0.15) is 0 Å². The minimum Gasteiger partial charge on any atom is -0.338 e. The molecular formula is C16H19N3O. The third kappa shape index (κ3) is 2.14. The van der Waals surface area contributed by atoms with Crippen LogP contribution in [0.5, 0.6) is 0 Å². The maximum Gasteiger partial charge on any atom is 0.240 e. The fourth-order valence-electron chi connectivity index (χ4n) is 3.48. The van der Waals surface area contributed by atoms with Crippen LogP contribution in [-0.2, 0) is 6.54 Å². The van der Waals surface area contributed by atoms with Gasteiger partial charge in [-0.15, -0.1) is 0 Å². The van der Waals surface area contributed by atoms with Crippen LogP contribution in [0.4, 0.5) is 0 Å². The molecule has 2 aliphatic rings. The molecule has 0 radical (unpaired) electrons. The van der Waals surface area contributed by atoms with Crippen LogP contribution in [0.15, 0.2) is 34.9 Å². The van der Waals surface area contributed by atoms with Gasteiger partial charge in [-0.2, -0.15) is 4.98 Å². The van der Waals surface area contributed by atoms with Crippen molar-refractivity contribution >= 4 is 0 Å². The zero-order chi connectivity index (χ0) is 13.4. The number of nitrogens with one attached hydrogen (secondary N) is 1. The largest absolute Gasteiger partial charge is 0.338 e. The van der Waals surface area contributed by atoms with Gasteiger partial charge in [-0.3, -0.25) is 0 Å². The summed E-state index contributed by atoms with van der Waals surface area (Å²) in [7, 11) is 0. The van der Waals surface area contributed by atoms with Crippen LogP contribution < -0.4 is 5.32 Å². The Morgan fingerprint density at radius 2 is 2.00 bits per heavy atom. The van der Waals surface area contributed by atoms with E-state index in [0.29, 0.717) is 29.7 Å². The first kappa shape index (κ1) is 12.1. The molecule has 104 valence electrons. The van der Waals surface area contributed by atoms with Gasteiger partial charge in [0.15, 0.2) is 0 Å². The molecule has 0 unspecified atom stereocenters. The summed E-state index contributed by atoms with van der Waals surface area (Å²) in [6, 6.07) is 10.6. The Morgan fingerprint density at radius 1 is 1.20 bits per heavy atom. The molecule has 0 aliphatic heterocycles. The normalized spacial score (nSPS) is 20.6. The van der Waals surface area contributed by atoms with E-state index in [4.69, 9.17) is 4.52 Å². The lowest BCUT2D eigenvalue weighted by molar-refractivity contribution is -0.00348. The topological polar surface area (TPSA) is 51.0 Å². The van der Waals surface area contributed by atoms with Crippen LogP contribution in [0, 0.1) is 5.41 Å². The molecule has 2 aliphatic carbocycles. The average molecular weight is 269 g/mol. The van der Waals surface area contributed by atoms with E-state index in [0.717, 1.165) is 5.56 Å². The van der Waals surface area contributed by atoms with E-state index in [-0.39, 0.29) is 0 Å². The monoisotopic (exact) mass is 269 g/mol. The molecule has 2 saturated carbocycles. The van der Waals surface area contributed by atoms with Gasteiger partial charge in [-0.1, -0.05) is 41.9 Å². The second-order valence-electron chi connectivity index (χ2n) is 6.22. The third-order valence-electron chi connectivity index (χ3n) is 4.82. The van der Waals surface area contributed by atoms with Gasteiger partial charge < -0.3 is 9.84 Å². The van der Waals surface area contributed by atoms with Crippen molar-refractivity contribution in [2.24, 2.45) is 5.41 Å². The Hall–Kier alpha value is -1.68. The highest BCUT2D eigenvalue weighted by atomic mass is 16.5. The summed E-state index contributed by atoms with van der Waals surface area (Å²) in [4.78, 5) is 4.44. The van der Waals surface area contributed by atoms with E-state index < -0.39 is 0 Å². The molecule has 1 heterocycles. The summed E-state index contributed by atoms with van der Waals surface area (Å²) in [5.74, 6) is 1.35. The van der Waals surface area contributed by atoms with Crippen LogP contribution >= 0.6 is 0 Å². The molecule has 1 N–H and O–H groups in total. The highest BCUT2D eigenvalue weighted by Gasteiger charge is 2.47. The van der Waals surface area contributed by atoms with Crippen molar-refractivity contribution in [3.8, 4) is 11.4 Å². The molecule has 1 aromatic carbocycles. The second-order valence-corrected chi connectivity index (χ2v) is 6.22. The third-order valence-corrected chi connectivity index (χ3v) is 4.82. The molecule has 0 saturated heterocycles. The molecule has 1 spiro atoms. The number of hydrogen-bond donors (Lipinski definition) is 1. The van der Waals surface area contributed by atoms with Crippen LogP contribution in [0.1, 0.15) is 38.0 Å². The summed E-state index contributed by atoms with van der Waals surface area (Å²) in [6.07, 6.45) is 6.95. The Bertz CT molecular complexity index is 581. The van der Waals surface area contributed by atoms with Crippen molar-refractivity contribution < 1.29 is 4.52 Å². The highest BCUT2D eigenvalue weighted by Crippen LogP contribution is 2.55. The molecule has 4 nitrogen and oxygen atoms in total. The summed E-state index contributed by atoms with van der Waals surface area (Å²) in [5.41, 5.74) is 1.71. The zero-order valence-corrected chi connectivity index (χ0v) is 11.5. The zero-order valence-electron chi connectivity index (χ0n) is 11.5. The number of nitrogens with zero attached hydrogens (tertiary/aromatic N) is 2. The maximum absolute atomic E-state index is 5.31. The number of aromatic nitrogens is 2. The smallest absolute Gasteiger partial charge is 0.240 e. The molecule has 2 aromatic rings. The number of rotatable bonds is 4. The van der Waals surface area contributed by atoms with E-state index in [1.165, 1.54) is 32.1 Å². The predicted molar refractivity (Wildman–Crippen MR) is 75.9 cm³/mol. The van der Waals surface area contributed by atoms with Crippen molar-refractivity contribution in [3.63, 3.8) is 0 Å². The van der Waals surface area contributed by atoms with Crippen LogP contribution in [0.25, 0.3) is 11.4 Å². The van der Waals surface area contributed by atoms with E-state index in [1.807, 2.05) is 30.3 Å². The highest BCUT2D eigenvalue weighted by molar-refractivity contribution is 5.53. The quantitative estimate of drug-likeness (QED) is 0.926. The van der Waals surface area contributed by atoms with Gasteiger partial charge in [-0.25, -0.2) is 0 Å². The summed E-state index contributed by atoms with van der Waals surface area (Å²) in [5, 5.41) is 7.57. The Balaban J connectivity index is 1.33. The molecule has 2 fully saturated rings. The van der Waals surface area contributed by atoms with Gasteiger partial charge in [0, 0.05) is 11.6 Å². The van der Waals surface area contributed by atoms with E-state index >= 15 is 0 Å². The second kappa shape index (κ2) is 4.70. The van der Waals surface area contributed by atoms with Crippen LogP contribution in [0.2, 0.25) is 0 Å². The van der Waals surface area contributed by atoms with Gasteiger partial charge in [0.2, 0.25) is 11.7 Å². The summed E-state index contributed by atoms with van der Waals surface area (Å²) in [6.45, 7) is 0.681. The molecule has 0 bridgehead atoms. The van der Waals surface area contributed by atoms with E-state index in [2.05, 4.69) is 15.5 Å². The maximum atomic E-state index is 5.31. The van der Waals surface area contributed by atoms with Crippen molar-refractivity contribution in [1.82, 2.24) is 15.5 Å². The van der Waals surface area contributed by atoms with Gasteiger partial charge in [0.25, 0.3) is 0 Å². The van der Waals surface area contributed by atoms with Gasteiger partial charge >= 0.3 is 0 Å². The lowest BCUT2D eigenvalue weighted by Crippen LogP contribution is -2.51. The molecule has 20 heavy (non-hydrogen) atoms. The lowest BCUT2D eigenvalue weighted by atomic mass is 9.54. The average Bonchev–Trinajstić information content (AvgIpc) is 2.85. The number of hydrogen-bond acceptors (Lipinski definition) is 4. The lowest BCUT2D eigenvalue weighted by Gasteiger charge is -2.54. The van der Waals surface area contributed by atoms with E-state index in [9.17, 15) is 0 Å². The number of benzene rings is 1. The van der Waals surface area contributed by atoms with Crippen molar-refractivity contribution in [2.75, 3.05) is 0 Å². The van der Waals surface area contributed by atoms with Crippen molar-refractivity contribution in [1.29, 1.82) is 0 Å². The minimum atomic E-state index is 0.641. The van der Waals surface area contributed by atoms with Crippen LogP contribution in [0.3, 0.4) is 0 Å². The predicted octanol–water partition coefficient (Wildman–Crippen LogP) is 3.16. The standard InChI is InChI=1S/C16H19N3O/c1-2-5-12(6-3-1)15-18-14(20-19-15)11-17-13-9-16(10-13)7-4-8-16/h1-3,5-6,13,17H,4,7-11H2. The fourth-order valence-corrected chi connectivity index (χ4v) is 3.48. The van der Waals surface area contributed by atoms with Gasteiger partial charge in [0.05, 0.1) is 6.54 Å². The molecular weight excluding hydrogens is 250 g/mol.